The Balaban J connectivity index is 3.12. The second-order valence-corrected chi connectivity index (χ2v) is 2.82. The van der Waals surface area contributed by atoms with Crippen molar-refractivity contribution in [2.24, 2.45) is 5.73 Å². The number of nitro groups is 1. The summed E-state index contributed by atoms with van der Waals surface area (Å²) in [5.74, 6) is -1.17. The largest absolute Gasteiger partial charge is 0.402 e. The molecule has 1 heterocycles. The average molecular weight is 219 g/mol. The van der Waals surface area contributed by atoms with Crippen LogP contribution < -0.4 is 5.73 Å². The molecule has 0 radical (unpaired) electrons. The molecule has 14 heavy (non-hydrogen) atoms. The highest BCUT2D eigenvalue weighted by Gasteiger charge is 2.24. The average Bonchev–Trinajstić information content (AvgIpc) is 2.49. The van der Waals surface area contributed by atoms with Gasteiger partial charge >= 0.3 is 5.82 Å². The van der Waals surface area contributed by atoms with Gasteiger partial charge in [0.05, 0.1) is 17.8 Å². The standard InChI is InChI=1S/C6H7ClN4O3/c7-1-2-10-3-4(5(8)12)6(9-10)11(13)14/h3H,1-2H2,(H2,8,12). The van der Waals surface area contributed by atoms with Crippen molar-refractivity contribution < 1.29 is 9.72 Å². The molecule has 0 saturated heterocycles. The maximum atomic E-state index is 10.8. The smallest absolute Gasteiger partial charge is 0.365 e. The first-order chi connectivity index (χ1) is 6.56. The summed E-state index contributed by atoms with van der Waals surface area (Å²) in [5.41, 5.74) is 4.72. The van der Waals surface area contributed by atoms with Crippen molar-refractivity contribution >= 4 is 23.3 Å². The van der Waals surface area contributed by atoms with Crippen LogP contribution in [0.2, 0.25) is 0 Å². The minimum Gasteiger partial charge on any atom is -0.365 e. The number of nitrogens with zero attached hydrogens (tertiary/aromatic N) is 3. The summed E-state index contributed by atoms with van der Waals surface area (Å²) in [5, 5.41) is 14.0. The van der Waals surface area contributed by atoms with E-state index in [1.807, 2.05) is 0 Å². The minimum atomic E-state index is -0.877. The molecule has 0 fully saturated rings. The number of nitrogens with two attached hydrogens (primary N) is 1. The Morgan fingerprint density at radius 2 is 2.43 bits per heavy atom. The van der Waals surface area contributed by atoms with Crippen LogP contribution in [0.1, 0.15) is 10.4 Å². The van der Waals surface area contributed by atoms with Crippen molar-refractivity contribution in [1.82, 2.24) is 9.78 Å². The minimum absolute atomic E-state index is 0.208. The highest BCUT2D eigenvalue weighted by Crippen LogP contribution is 2.14. The molecule has 0 bridgehead atoms. The van der Waals surface area contributed by atoms with Crippen molar-refractivity contribution in [3.63, 3.8) is 0 Å². The predicted molar refractivity (Wildman–Crippen MR) is 48.1 cm³/mol. The Morgan fingerprint density at radius 3 is 2.79 bits per heavy atom. The van der Waals surface area contributed by atoms with Crippen LogP contribution in [0.3, 0.4) is 0 Å². The van der Waals surface area contributed by atoms with E-state index in [0.29, 0.717) is 0 Å². The number of amides is 1. The van der Waals surface area contributed by atoms with Crippen LogP contribution in [0.15, 0.2) is 6.20 Å². The molecule has 0 unspecified atom stereocenters. The SMILES string of the molecule is NC(=O)c1cn(CCCl)nc1[N+](=O)[O-]. The zero-order valence-corrected chi connectivity index (χ0v) is 7.77. The molecule has 0 aliphatic carbocycles. The maximum Gasteiger partial charge on any atom is 0.402 e. The molecule has 2 N–H and O–H groups in total. The van der Waals surface area contributed by atoms with Crippen molar-refractivity contribution in [3.05, 3.63) is 21.9 Å². The number of alkyl halides is 1. The fourth-order valence-electron chi connectivity index (χ4n) is 0.921. The van der Waals surface area contributed by atoms with E-state index >= 15 is 0 Å². The Kier molecular flexibility index (Phi) is 3.03. The fraction of sp³-hybridized carbons (Fsp3) is 0.333. The molecule has 7 nitrogen and oxygen atoms in total. The quantitative estimate of drug-likeness (QED) is 0.441. The zero-order valence-electron chi connectivity index (χ0n) is 7.01. The Bertz CT molecular complexity index is 344. The maximum absolute atomic E-state index is 10.8. The molecule has 0 atom stereocenters. The fourth-order valence-corrected chi connectivity index (χ4v) is 1.09. The molecule has 76 valence electrons. The third-order valence-corrected chi connectivity index (χ3v) is 1.66. The van der Waals surface area contributed by atoms with Gasteiger partial charge in [-0.05, 0) is 4.92 Å². The van der Waals surface area contributed by atoms with Gasteiger partial charge in [-0.1, -0.05) is 0 Å². The van der Waals surface area contributed by atoms with E-state index in [1.54, 1.807) is 0 Å². The van der Waals surface area contributed by atoms with Gasteiger partial charge in [0, 0.05) is 5.88 Å². The van der Waals surface area contributed by atoms with Gasteiger partial charge in [-0.3, -0.25) is 4.79 Å². The van der Waals surface area contributed by atoms with E-state index in [0.717, 1.165) is 0 Å². The number of hydrogen-bond donors (Lipinski definition) is 1. The predicted octanol–water partition coefficient (Wildman–Crippen LogP) is 0.129. The molecule has 0 aliphatic rings. The third kappa shape index (κ3) is 1.99. The van der Waals surface area contributed by atoms with E-state index < -0.39 is 16.6 Å². The van der Waals surface area contributed by atoms with Crippen LogP contribution in [-0.4, -0.2) is 26.5 Å². The van der Waals surface area contributed by atoms with Crippen LogP contribution >= 0.6 is 11.6 Å². The Labute approximate surface area is 83.6 Å². The van der Waals surface area contributed by atoms with Crippen molar-refractivity contribution in [2.75, 3.05) is 5.88 Å². The molecule has 0 saturated carbocycles. The number of primary amides is 1. The monoisotopic (exact) mass is 218 g/mol. The summed E-state index contributed by atoms with van der Waals surface area (Å²) in [6.07, 6.45) is 1.21. The Morgan fingerprint density at radius 1 is 1.79 bits per heavy atom. The van der Waals surface area contributed by atoms with Gasteiger partial charge in [0.25, 0.3) is 5.91 Å². The van der Waals surface area contributed by atoms with Crippen molar-refractivity contribution in [3.8, 4) is 0 Å². The molecule has 1 amide bonds. The normalized spacial score (nSPS) is 10.1. The molecule has 1 aromatic heterocycles. The number of aryl methyl sites for hydroxylation is 1. The second kappa shape index (κ2) is 4.05. The first-order valence-electron chi connectivity index (χ1n) is 3.64. The third-order valence-electron chi connectivity index (χ3n) is 1.49. The highest BCUT2D eigenvalue weighted by molar-refractivity contribution is 6.17. The summed E-state index contributed by atoms with van der Waals surface area (Å²) in [6, 6.07) is 0. The lowest BCUT2D eigenvalue weighted by atomic mass is 10.3. The zero-order chi connectivity index (χ0) is 10.7. The topological polar surface area (TPSA) is 104 Å². The van der Waals surface area contributed by atoms with Gasteiger partial charge in [0.1, 0.15) is 0 Å². The number of carbonyl (C=O) groups excluding carboxylic acids is 1. The number of aromatic nitrogens is 2. The van der Waals surface area contributed by atoms with E-state index in [1.165, 1.54) is 10.9 Å². The van der Waals surface area contributed by atoms with Gasteiger partial charge in [0.2, 0.25) is 0 Å². The first-order valence-corrected chi connectivity index (χ1v) is 4.17. The molecule has 0 aromatic carbocycles. The summed E-state index contributed by atoms with van der Waals surface area (Å²) in [6.45, 7) is 0.287. The molecular formula is C6H7ClN4O3. The highest BCUT2D eigenvalue weighted by atomic mass is 35.5. The van der Waals surface area contributed by atoms with Gasteiger partial charge in [0.15, 0.2) is 5.56 Å². The lowest BCUT2D eigenvalue weighted by Gasteiger charge is -1.88. The summed E-state index contributed by atoms with van der Waals surface area (Å²) < 4.78 is 1.21. The molecule has 1 rings (SSSR count). The first kappa shape index (κ1) is 10.5. The van der Waals surface area contributed by atoms with Crippen molar-refractivity contribution in [2.45, 2.75) is 6.54 Å². The molecule has 0 spiro atoms. The molecule has 8 heteroatoms. The number of carbonyl (C=O) groups is 1. The number of hydrogen-bond acceptors (Lipinski definition) is 4. The van der Waals surface area contributed by atoms with Crippen LogP contribution in [0.25, 0.3) is 0 Å². The van der Waals surface area contributed by atoms with Crippen LogP contribution in [0, 0.1) is 10.1 Å². The van der Waals surface area contributed by atoms with Crippen molar-refractivity contribution in [1.29, 1.82) is 0 Å². The van der Waals surface area contributed by atoms with E-state index in [4.69, 9.17) is 17.3 Å². The van der Waals surface area contributed by atoms with Gasteiger partial charge in [-0.25, -0.2) is 0 Å². The lowest BCUT2D eigenvalue weighted by Crippen LogP contribution is -2.11. The van der Waals surface area contributed by atoms with E-state index in [2.05, 4.69) is 5.10 Å². The summed E-state index contributed by atoms with van der Waals surface area (Å²) in [7, 11) is 0. The Hall–Kier alpha value is -1.63. The second-order valence-electron chi connectivity index (χ2n) is 2.44. The molecule has 1 aromatic rings. The summed E-state index contributed by atoms with van der Waals surface area (Å²) >= 11 is 5.41. The van der Waals surface area contributed by atoms with Gasteiger partial charge < -0.3 is 15.8 Å². The van der Waals surface area contributed by atoms with E-state index in [9.17, 15) is 14.9 Å². The van der Waals surface area contributed by atoms with Crippen LogP contribution in [-0.2, 0) is 6.54 Å². The molecule has 0 aliphatic heterocycles. The van der Waals surface area contributed by atoms with E-state index in [-0.39, 0.29) is 18.0 Å². The van der Waals surface area contributed by atoms with Crippen LogP contribution in [0.5, 0.6) is 0 Å². The number of rotatable bonds is 4. The number of halogens is 1. The molecular weight excluding hydrogens is 212 g/mol. The van der Waals surface area contributed by atoms with Crippen LogP contribution in [0.4, 0.5) is 5.82 Å². The van der Waals surface area contributed by atoms with Gasteiger partial charge in [-0.15, -0.1) is 11.6 Å². The summed E-state index contributed by atoms with van der Waals surface area (Å²) in [4.78, 5) is 20.4. The lowest BCUT2D eigenvalue weighted by molar-refractivity contribution is -0.390. The van der Waals surface area contributed by atoms with Gasteiger partial charge in [-0.2, -0.15) is 4.68 Å².